The maximum absolute atomic E-state index is 6.03. The molecule has 0 amide bonds. The molecule has 1 aliphatic heterocycles. The van der Waals surface area contributed by atoms with Crippen LogP contribution in [0.2, 0.25) is 0 Å². The Morgan fingerprint density at radius 3 is 2.94 bits per heavy atom. The van der Waals surface area contributed by atoms with Crippen LogP contribution >= 0.6 is 0 Å². The third-order valence-corrected chi connectivity index (χ3v) is 3.50. The van der Waals surface area contributed by atoms with E-state index >= 15 is 0 Å². The summed E-state index contributed by atoms with van der Waals surface area (Å²) >= 11 is 0. The predicted molar refractivity (Wildman–Crippen MR) is 71.9 cm³/mol. The number of aromatic nitrogens is 2. The van der Waals surface area contributed by atoms with E-state index in [1.165, 1.54) is 12.7 Å². The van der Waals surface area contributed by atoms with Gasteiger partial charge in [-0.2, -0.15) is 4.98 Å². The maximum atomic E-state index is 6.03. The van der Waals surface area contributed by atoms with Crippen LogP contribution in [0, 0.1) is 0 Å². The molecule has 1 aliphatic rings. The number of anilines is 2. The van der Waals surface area contributed by atoms with Gasteiger partial charge in [0.05, 0.1) is 7.11 Å². The van der Waals surface area contributed by atoms with E-state index in [-0.39, 0.29) is 0 Å². The molecule has 0 spiro atoms. The molecule has 1 fully saturated rings. The Hall–Kier alpha value is -1.56. The highest BCUT2D eigenvalue weighted by Crippen LogP contribution is 2.29. The lowest BCUT2D eigenvalue weighted by Gasteiger charge is -2.36. The second kappa shape index (κ2) is 5.39. The number of piperidine rings is 1. The van der Waals surface area contributed by atoms with E-state index in [4.69, 9.17) is 10.5 Å². The minimum Gasteiger partial charge on any atom is -0.479 e. The van der Waals surface area contributed by atoms with Crippen molar-refractivity contribution in [1.29, 1.82) is 0 Å². The molecule has 1 unspecified atom stereocenters. The van der Waals surface area contributed by atoms with Gasteiger partial charge in [0, 0.05) is 19.6 Å². The van der Waals surface area contributed by atoms with E-state index in [0.717, 1.165) is 25.3 Å². The maximum Gasteiger partial charge on any atom is 0.242 e. The molecule has 100 valence electrons. The van der Waals surface area contributed by atoms with Crippen molar-refractivity contribution in [2.75, 3.05) is 44.9 Å². The molecule has 18 heavy (non-hydrogen) atoms. The molecule has 1 saturated heterocycles. The number of likely N-dealkylation sites (N-methyl/N-ethyl adjacent to an activating group) is 2. The third-order valence-electron chi connectivity index (χ3n) is 3.50. The van der Waals surface area contributed by atoms with Gasteiger partial charge in [-0.25, -0.2) is 4.98 Å². The Bertz CT molecular complexity index is 411. The molecule has 0 aromatic carbocycles. The van der Waals surface area contributed by atoms with E-state index in [1.54, 1.807) is 7.11 Å². The lowest BCUT2D eigenvalue weighted by atomic mass is 10.1. The van der Waals surface area contributed by atoms with Gasteiger partial charge < -0.3 is 20.3 Å². The normalized spacial score (nSPS) is 20.7. The zero-order valence-electron chi connectivity index (χ0n) is 11.3. The van der Waals surface area contributed by atoms with Crippen molar-refractivity contribution in [1.82, 2.24) is 14.9 Å². The Labute approximate surface area is 108 Å². The van der Waals surface area contributed by atoms with Gasteiger partial charge in [0.15, 0.2) is 5.82 Å². The van der Waals surface area contributed by atoms with Crippen LogP contribution in [0.5, 0.6) is 5.88 Å². The summed E-state index contributed by atoms with van der Waals surface area (Å²) in [5, 5.41) is 0. The van der Waals surface area contributed by atoms with Crippen LogP contribution in [0.25, 0.3) is 0 Å². The summed E-state index contributed by atoms with van der Waals surface area (Å²) in [6, 6.07) is 0.436. The van der Waals surface area contributed by atoms with Crippen molar-refractivity contribution in [2.24, 2.45) is 0 Å². The molecular weight excluding hydrogens is 230 g/mol. The zero-order chi connectivity index (χ0) is 13.1. The van der Waals surface area contributed by atoms with Gasteiger partial charge in [0.1, 0.15) is 12.0 Å². The fourth-order valence-corrected chi connectivity index (χ4v) is 2.44. The fourth-order valence-electron chi connectivity index (χ4n) is 2.44. The highest BCUT2D eigenvalue weighted by molar-refractivity contribution is 5.67. The van der Waals surface area contributed by atoms with Gasteiger partial charge in [-0.05, 0) is 26.4 Å². The monoisotopic (exact) mass is 251 g/mol. The summed E-state index contributed by atoms with van der Waals surface area (Å²) in [6.07, 6.45) is 3.85. The second-order valence-corrected chi connectivity index (χ2v) is 4.79. The van der Waals surface area contributed by atoms with E-state index in [0.29, 0.717) is 17.6 Å². The molecule has 0 radical (unpaired) electrons. The smallest absolute Gasteiger partial charge is 0.242 e. The van der Waals surface area contributed by atoms with E-state index in [1.807, 2.05) is 7.05 Å². The van der Waals surface area contributed by atoms with Crippen molar-refractivity contribution in [3.05, 3.63) is 6.33 Å². The summed E-state index contributed by atoms with van der Waals surface area (Å²) in [5.74, 6) is 1.19. The molecule has 0 aliphatic carbocycles. The minimum atomic E-state index is 0.436. The first kappa shape index (κ1) is 12.9. The van der Waals surface area contributed by atoms with Crippen LogP contribution in [0.15, 0.2) is 6.33 Å². The van der Waals surface area contributed by atoms with Crippen LogP contribution in [0.1, 0.15) is 12.8 Å². The Morgan fingerprint density at radius 2 is 2.28 bits per heavy atom. The fraction of sp³-hybridized carbons (Fsp3) is 0.667. The average Bonchev–Trinajstić information content (AvgIpc) is 2.38. The van der Waals surface area contributed by atoms with Crippen molar-refractivity contribution in [3.8, 4) is 5.88 Å². The summed E-state index contributed by atoms with van der Waals surface area (Å²) in [7, 11) is 5.74. The molecule has 6 nitrogen and oxygen atoms in total. The molecule has 1 aromatic heterocycles. The number of rotatable bonds is 3. The minimum absolute atomic E-state index is 0.436. The lowest BCUT2D eigenvalue weighted by Crippen LogP contribution is -2.45. The first-order chi connectivity index (χ1) is 8.63. The molecular formula is C12H21N5O. The number of nitrogen functional groups attached to an aromatic ring is 1. The van der Waals surface area contributed by atoms with Crippen molar-refractivity contribution < 1.29 is 4.74 Å². The number of nitrogens with zero attached hydrogens (tertiary/aromatic N) is 4. The second-order valence-electron chi connectivity index (χ2n) is 4.79. The summed E-state index contributed by atoms with van der Waals surface area (Å²) < 4.78 is 5.13. The molecule has 0 saturated carbocycles. The number of likely N-dealkylation sites (tertiary alicyclic amines) is 1. The molecule has 1 aromatic rings. The van der Waals surface area contributed by atoms with Gasteiger partial charge in [0.25, 0.3) is 0 Å². The molecule has 2 heterocycles. The first-order valence-electron chi connectivity index (χ1n) is 6.19. The number of nitrogens with two attached hydrogens (primary N) is 1. The van der Waals surface area contributed by atoms with Crippen LogP contribution < -0.4 is 15.4 Å². The van der Waals surface area contributed by atoms with Gasteiger partial charge in [0.2, 0.25) is 5.88 Å². The third kappa shape index (κ3) is 2.48. The van der Waals surface area contributed by atoms with E-state index < -0.39 is 0 Å². The highest BCUT2D eigenvalue weighted by atomic mass is 16.5. The molecule has 2 rings (SSSR count). The standard InChI is InChI=1S/C12H21N5O/c1-16-6-4-5-9(7-16)17(2)11-10(13)12(18-3)15-8-14-11/h8-9H,4-7,13H2,1-3H3. The van der Waals surface area contributed by atoms with E-state index in [9.17, 15) is 0 Å². The summed E-state index contributed by atoms with van der Waals surface area (Å²) in [6.45, 7) is 2.19. The van der Waals surface area contributed by atoms with Crippen molar-refractivity contribution in [2.45, 2.75) is 18.9 Å². The first-order valence-corrected chi connectivity index (χ1v) is 6.19. The molecule has 6 heteroatoms. The average molecular weight is 251 g/mol. The van der Waals surface area contributed by atoms with Gasteiger partial charge >= 0.3 is 0 Å². The van der Waals surface area contributed by atoms with Crippen LogP contribution in [0.4, 0.5) is 11.5 Å². The SMILES string of the molecule is COc1ncnc(N(C)C2CCCN(C)C2)c1N. The highest BCUT2D eigenvalue weighted by Gasteiger charge is 2.24. The number of methoxy groups -OCH3 is 1. The molecule has 1 atom stereocenters. The quantitative estimate of drug-likeness (QED) is 0.848. The number of hydrogen-bond donors (Lipinski definition) is 1. The number of hydrogen-bond acceptors (Lipinski definition) is 6. The predicted octanol–water partition coefficient (Wildman–Crippen LogP) is 0.598. The molecule has 2 N–H and O–H groups in total. The van der Waals surface area contributed by atoms with Crippen molar-refractivity contribution >= 4 is 11.5 Å². The topological polar surface area (TPSA) is 67.5 Å². The van der Waals surface area contributed by atoms with Gasteiger partial charge in [-0.1, -0.05) is 0 Å². The Kier molecular flexibility index (Phi) is 3.86. The summed E-state index contributed by atoms with van der Waals surface area (Å²) in [4.78, 5) is 12.7. The van der Waals surface area contributed by atoms with Crippen LogP contribution in [0.3, 0.4) is 0 Å². The Balaban J connectivity index is 2.20. The van der Waals surface area contributed by atoms with Crippen LogP contribution in [-0.2, 0) is 0 Å². The van der Waals surface area contributed by atoms with Crippen molar-refractivity contribution in [3.63, 3.8) is 0 Å². The number of ether oxygens (including phenoxy) is 1. The molecule has 0 bridgehead atoms. The van der Waals surface area contributed by atoms with Gasteiger partial charge in [-0.15, -0.1) is 0 Å². The van der Waals surface area contributed by atoms with Crippen LogP contribution in [-0.4, -0.2) is 55.2 Å². The van der Waals surface area contributed by atoms with Gasteiger partial charge in [-0.3, -0.25) is 0 Å². The largest absolute Gasteiger partial charge is 0.479 e. The zero-order valence-corrected chi connectivity index (χ0v) is 11.3. The Morgan fingerprint density at radius 1 is 1.50 bits per heavy atom. The summed E-state index contributed by atoms with van der Waals surface area (Å²) in [5.41, 5.74) is 6.54. The lowest BCUT2D eigenvalue weighted by molar-refractivity contribution is 0.247. The van der Waals surface area contributed by atoms with E-state index in [2.05, 4.69) is 26.8 Å².